The number of aromatic nitrogens is 2. The van der Waals surface area contributed by atoms with Crippen LogP contribution in [0.2, 0.25) is 0 Å². The number of rotatable bonds is 6. The Bertz CT molecular complexity index is 3190. The molecule has 8 aromatic carbocycles. The summed E-state index contributed by atoms with van der Waals surface area (Å²) < 4.78 is 8.83. The first-order valence-electron chi connectivity index (χ1n) is 18.8. The summed E-state index contributed by atoms with van der Waals surface area (Å²) in [6.45, 7) is 0. The van der Waals surface area contributed by atoms with Gasteiger partial charge in [0.2, 0.25) is 0 Å². The van der Waals surface area contributed by atoms with Gasteiger partial charge >= 0.3 is 0 Å². The van der Waals surface area contributed by atoms with Gasteiger partial charge in [0.25, 0.3) is 0 Å². The van der Waals surface area contributed by atoms with E-state index in [2.05, 4.69) is 158 Å². The van der Waals surface area contributed by atoms with Gasteiger partial charge in [-0.15, -0.1) is 11.3 Å². The number of benzene rings is 8. The fraction of sp³-hybridized carbons (Fsp3) is 0. The van der Waals surface area contributed by atoms with Gasteiger partial charge in [0.15, 0.2) is 5.82 Å². The first-order valence-corrected chi connectivity index (χ1v) is 19.6. The minimum Gasteiger partial charge on any atom is -0.456 e. The van der Waals surface area contributed by atoms with Gasteiger partial charge in [0.1, 0.15) is 11.2 Å². The number of furan rings is 1. The Kier molecular flexibility index (Phi) is 7.68. The van der Waals surface area contributed by atoms with Crippen LogP contribution in [0.4, 0.5) is 0 Å². The molecule has 0 aliphatic rings. The molecule has 0 atom stereocenters. The van der Waals surface area contributed by atoms with Crippen LogP contribution in [0.5, 0.6) is 0 Å². The normalized spacial score (nSPS) is 11.6. The second kappa shape index (κ2) is 13.3. The lowest BCUT2D eigenvalue weighted by Gasteiger charge is -2.16. The third kappa shape index (κ3) is 5.58. The van der Waals surface area contributed by atoms with Crippen LogP contribution in [-0.2, 0) is 0 Å². The lowest BCUT2D eigenvalue weighted by atomic mass is 9.89. The largest absolute Gasteiger partial charge is 0.456 e. The maximum absolute atomic E-state index is 6.25. The van der Waals surface area contributed by atoms with E-state index in [0.717, 1.165) is 72.3 Å². The van der Waals surface area contributed by atoms with Crippen LogP contribution >= 0.6 is 11.3 Å². The SMILES string of the molecule is c1ccc(-c2cc(-c3cc(-c4ccc5oc6ccccc6c5c4)cc(-c4ccccc4-c4cccc5sc6ccccc6c45)c3)nc(-c3ccccc3)n2)cc1. The van der Waals surface area contributed by atoms with Crippen molar-refractivity contribution < 1.29 is 4.42 Å². The van der Waals surface area contributed by atoms with Crippen LogP contribution in [0, 0.1) is 0 Å². The fourth-order valence-electron chi connectivity index (χ4n) is 8.04. The maximum atomic E-state index is 6.25. The van der Waals surface area contributed by atoms with Crippen LogP contribution in [0.25, 0.3) is 109 Å². The van der Waals surface area contributed by atoms with Crippen molar-refractivity contribution in [3.8, 4) is 67.3 Å². The molecule has 0 N–H and O–H groups in total. The molecule has 0 fully saturated rings. The number of thiophene rings is 1. The van der Waals surface area contributed by atoms with Crippen molar-refractivity contribution in [1.82, 2.24) is 9.97 Å². The molecule has 0 saturated heterocycles. The highest BCUT2D eigenvalue weighted by atomic mass is 32.1. The van der Waals surface area contributed by atoms with Gasteiger partial charge in [-0.25, -0.2) is 9.97 Å². The van der Waals surface area contributed by atoms with E-state index in [1.165, 1.54) is 31.3 Å². The molecule has 11 rings (SSSR count). The van der Waals surface area contributed by atoms with Crippen molar-refractivity contribution >= 4 is 53.4 Å². The molecular weight excluding hydrogens is 701 g/mol. The van der Waals surface area contributed by atoms with Gasteiger partial charge in [-0.05, 0) is 88.0 Å². The highest BCUT2D eigenvalue weighted by Gasteiger charge is 2.18. The van der Waals surface area contributed by atoms with Crippen LogP contribution in [-0.4, -0.2) is 9.97 Å². The lowest BCUT2D eigenvalue weighted by Crippen LogP contribution is -1.96. The average Bonchev–Trinajstić information content (AvgIpc) is 3.85. The second-order valence-corrected chi connectivity index (χ2v) is 15.2. The predicted molar refractivity (Wildman–Crippen MR) is 235 cm³/mol. The fourth-order valence-corrected chi connectivity index (χ4v) is 9.17. The monoisotopic (exact) mass is 732 g/mol. The topological polar surface area (TPSA) is 38.9 Å². The van der Waals surface area contributed by atoms with Gasteiger partial charge in [-0.2, -0.15) is 0 Å². The van der Waals surface area contributed by atoms with Crippen molar-refractivity contribution in [2.75, 3.05) is 0 Å². The molecule has 0 spiro atoms. The van der Waals surface area contributed by atoms with E-state index in [9.17, 15) is 0 Å². The van der Waals surface area contributed by atoms with E-state index in [-0.39, 0.29) is 0 Å². The average molecular weight is 733 g/mol. The molecule has 3 aromatic heterocycles. The molecule has 3 heterocycles. The van der Waals surface area contributed by atoms with E-state index < -0.39 is 0 Å². The Labute approximate surface area is 327 Å². The maximum Gasteiger partial charge on any atom is 0.160 e. The molecule has 56 heavy (non-hydrogen) atoms. The Morgan fingerprint density at radius 1 is 0.339 bits per heavy atom. The number of hydrogen-bond donors (Lipinski definition) is 0. The molecule has 0 aliphatic carbocycles. The van der Waals surface area contributed by atoms with Crippen LogP contribution in [0.1, 0.15) is 0 Å². The first kappa shape index (κ1) is 32.3. The summed E-state index contributed by atoms with van der Waals surface area (Å²) in [5.74, 6) is 0.691. The molecule has 3 nitrogen and oxygen atoms in total. The van der Waals surface area contributed by atoms with Gasteiger partial charge < -0.3 is 4.42 Å². The van der Waals surface area contributed by atoms with Crippen molar-refractivity contribution in [2.24, 2.45) is 0 Å². The highest BCUT2D eigenvalue weighted by molar-refractivity contribution is 7.25. The Hall–Kier alpha value is -7.14. The zero-order valence-corrected chi connectivity index (χ0v) is 31.0. The number of para-hydroxylation sites is 1. The summed E-state index contributed by atoms with van der Waals surface area (Å²) in [7, 11) is 0. The molecule has 0 amide bonds. The summed E-state index contributed by atoms with van der Waals surface area (Å²) >= 11 is 1.85. The zero-order valence-electron chi connectivity index (χ0n) is 30.2. The van der Waals surface area contributed by atoms with Crippen LogP contribution < -0.4 is 0 Å². The lowest BCUT2D eigenvalue weighted by molar-refractivity contribution is 0.669. The second-order valence-electron chi connectivity index (χ2n) is 14.1. The van der Waals surface area contributed by atoms with E-state index in [4.69, 9.17) is 14.4 Å². The van der Waals surface area contributed by atoms with Crippen LogP contribution in [0.3, 0.4) is 0 Å². The third-order valence-corrected chi connectivity index (χ3v) is 11.8. The Balaban J connectivity index is 1.17. The van der Waals surface area contributed by atoms with Gasteiger partial charge in [0, 0.05) is 47.6 Å². The Morgan fingerprint density at radius 2 is 0.946 bits per heavy atom. The van der Waals surface area contributed by atoms with Crippen molar-refractivity contribution in [1.29, 1.82) is 0 Å². The van der Waals surface area contributed by atoms with E-state index in [1.54, 1.807) is 0 Å². The summed E-state index contributed by atoms with van der Waals surface area (Å²) in [4.78, 5) is 10.4. The molecule has 0 bridgehead atoms. The number of fused-ring (bicyclic) bond motifs is 6. The standard InChI is InChI=1S/C52H32N2OS/c1-3-14-33(15-4-1)45-32-46(54-52(53-45)34-16-5-2-6-17-34)38-29-36(35-26-27-48-44(31-35)41-20-9-11-23-47(41)55-48)28-37(30-38)39-18-7-8-19-40(39)42-22-13-25-50-51(42)43-21-10-12-24-49(43)56-50/h1-32H. The minimum absolute atomic E-state index is 0.691. The van der Waals surface area contributed by atoms with Gasteiger partial charge in [-0.1, -0.05) is 140 Å². The quantitative estimate of drug-likeness (QED) is 0.171. The zero-order chi connectivity index (χ0) is 37.0. The summed E-state index contributed by atoms with van der Waals surface area (Å²) in [5, 5.41) is 4.79. The third-order valence-electron chi connectivity index (χ3n) is 10.7. The number of nitrogens with zero attached hydrogens (tertiary/aromatic N) is 2. The summed E-state index contributed by atoms with van der Waals surface area (Å²) in [6.07, 6.45) is 0. The van der Waals surface area contributed by atoms with Gasteiger partial charge in [-0.3, -0.25) is 0 Å². The molecule has 0 unspecified atom stereocenters. The number of hydrogen-bond acceptors (Lipinski definition) is 4. The first-order chi connectivity index (χ1) is 27.7. The van der Waals surface area contributed by atoms with E-state index in [1.807, 2.05) is 47.7 Å². The molecule has 0 saturated carbocycles. The molecule has 4 heteroatoms. The molecule has 0 aliphatic heterocycles. The van der Waals surface area contributed by atoms with Crippen molar-refractivity contribution in [3.63, 3.8) is 0 Å². The predicted octanol–water partition coefficient (Wildman–Crippen LogP) is 14.7. The molecule has 11 aromatic rings. The summed E-state index contributed by atoms with van der Waals surface area (Å²) in [5.41, 5.74) is 13.4. The minimum atomic E-state index is 0.691. The molecule has 262 valence electrons. The van der Waals surface area contributed by atoms with E-state index in [0.29, 0.717) is 5.82 Å². The smallest absolute Gasteiger partial charge is 0.160 e. The summed E-state index contributed by atoms with van der Waals surface area (Å²) in [6, 6.07) is 68.7. The van der Waals surface area contributed by atoms with Crippen molar-refractivity contribution in [3.05, 3.63) is 194 Å². The Morgan fingerprint density at radius 3 is 1.79 bits per heavy atom. The highest BCUT2D eigenvalue weighted by Crippen LogP contribution is 2.44. The van der Waals surface area contributed by atoms with Gasteiger partial charge in [0.05, 0.1) is 11.4 Å². The van der Waals surface area contributed by atoms with E-state index >= 15 is 0 Å². The molecule has 0 radical (unpaired) electrons. The van der Waals surface area contributed by atoms with Crippen molar-refractivity contribution in [2.45, 2.75) is 0 Å². The van der Waals surface area contributed by atoms with Crippen LogP contribution in [0.15, 0.2) is 199 Å². The molecular formula is C52H32N2OS.